The Bertz CT molecular complexity index is 284. The summed E-state index contributed by atoms with van der Waals surface area (Å²) in [5.41, 5.74) is 1.66. The molecule has 0 atom stereocenters. The van der Waals surface area contributed by atoms with Crippen molar-refractivity contribution in [1.82, 2.24) is 0 Å². The van der Waals surface area contributed by atoms with Gasteiger partial charge in [0.15, 0.2) is 0 Å². The van der Waals surface area contributed by atoms with Gasteiger partial charge in [-0.15, -0.1) is 0 Å². The van der Waals surface area contributed by atoms with Crippen molar-refractivity contribution in [3.05, 3.63) is 35.4 Å². The van der Waals surface area contributed by atoms with Crippen LogP contribution in [0.5, 0.6) is 0 Å². The van der Waals surface area contributed by atoms with Crippen LogP contribution in [0.4, 0.5) is 0 Å². The molecule has 0 saturated carbocycles. The zero-order chi connectivity index (χ0) is 11.0. The predicted octanol–water partition coefficient (Wildman–Crippen LogP) is 3.39. The van der Waals surface area contributed by atoms with E-state index in [1.165, 1.54) is 7.11 Å². The van der Waals surface area contributed by atoms with Crippen molar-refractivity contribution in [3.8, 4) is 0 Å². The molecule has 0 amide bonds. The van der Waals surface area contributed by atoms with Gasteiger partial charge < -0.3 is 4.74 Å². The second kappa shape index (κ2) is 7.56. The molecule has 2 nitrogen and oxygen atoms in total. The highest BCUT2D eigenvalue weighted by atomic mass is 79.9. The summed E-state index contributed by atoms with van der Waals surface area (Å²) in [6, 6.07) is 7.32. The number of alkyl halides is 1. The molecule has 0 N–H and O–H groups in total. The number of hydrogen-bond acceptors (Lipinski definition) is 2. The van der Waals surface area contributed by atoms with Gasteiger partial charge in [0.1, 0.15) is 0 Å². The molecule has 0 bridgehead atoms. The molecule has 0 aliphatic heterocycles. The monoisotopic (exact) mass is 258 g/mol. The minimum Gasteiger partial charge on any atom is -0.465 e. The highest BCUT2D eigenvalue weighted by molar-refractivity contribution is 9.08. The van der Waals surface area contributed by atoms with Crippen molar-refractivity contribution in [2.24, 2.45) is 0 Å². The molecule has 0 fully saturated rings. The van der Waals surface area contributed by atoms with Gasteiger partial charge in [0, 0.05) is 5.33 Å². The molecule has 0 unspecified atom stereocenters. The normalized spacial score (nSPS) is 8.57. The van der Waals surface area contributed by atoms with E-state index in [1.54, 1.807) is 12.1 Å². The Morgan fingerprint density at radius 2 is 2.07 bits per heavy atom. The van der Waals surface area contributed by atoms with Gasteiger partial charge >= 0.3 is 5.97 Å². The second-order valence-electron chi connectivity index (χ2n) is 2.33. The maximum atomic E-state index is 11.0. The van der Waals surface area contributed by atoms with E-state index < -0.39 is 0 Å². The lowest BCUT2D eigenvalue weighted by Crippen LogP contribution is -2.00. The Morgan fingerprint density at radius 1 is 1.43 bits per heavy atom. The number of methoxy groups -OCH3 is 1. The molecule has 0 saturated heterocycles. The fourth-order valence-electron chi connectivity index (χ4n) is 0.899. The molecule has 0 aliphatic rings. The first-order valence-corrected chi connectivity index (χ1v) is 5.63. The van der Waals surface area contributed by atoms with Crippen molar-refractivity contribution in [2.45, 2.75) is 19.2 Å². The highest BCUT2D eigenvalue weighted by Gasteiger charge is 2.04. The van der Waals surface area contributed by atoms with Crippen LogP contribution in [0, 0.1) is 0 Å². The van der Waals surface area contributed by atoms with Gasteiger partial charge in [-0.25, -0.2) is 4.79 Å². The fourth-order valence-corrected chi connectivity index (χ4v) is 1.25. The molecule has 0 aliphatic carbocycles. The van der Waals surface area contributed by atoms with Crippen LogP contribution in [-0.2, 0) is 10.1 Å². The summed E-state index contributed by atoms with van der Waals surface area (Å²) in [6.07, 6.45) is 0. The number of carbonyl (C=O) groups excluding carboxylic acids is 1. The Kier molecular flexibility index (Phi) is 7.11. The number of benzene rings is 1. The quantitative estimate of drug-likeness (QED) is 0.601. The van der Waals surface area contributed by atoms with Gasteiger partial charge in [0.25, 0.3) is 0 Å². The van der Waals surface area contributed by atoms with Crippen molar-refractivity contribution >= 4 is 21.9 Å². The molecular weight excluding hydrogens is 244 g/mol. The Balaban J connectivity index is 0.000000791. The zero-order valence-electron chi connectivity index (χ0n) is 8.71. The van der Waals surface area contributed by atoms with E-state index >= 15 is 0 Å². The third kappa shape index (κ3) is 3.92. The van der Waals surface area contributed by atoms with Gasteiger partial charge in [-0.3, -0.25) is 0 Å². The van der Waals surface area contributed by atoms with Crippen LogP contribution >= 0.6 is 15.9 Å². The van der Waals surface area contributed by atoms with Crippen LogP contribution in [0.1, 0.15) is 29.8 Å². The lowest BCUT2D eigenvalue weighted by molar-refractivity contribution is 0.0600. The maximum absolute atomic E-state index is 11.0. The highest BCUT2D eigenvalue weighted by Crippen LogP contribution is 2.09. The summed E-state index contributed by atoms with van der Waals surface area (Å²) in [6.45, 7) is 4.00. The van der Waals surface area contributed by atoms with Gasteiger partial charge in [-0.05, 0) is 17.7 Å². The predicted molar refractivity (Wildman–Crippen MR) is 61.8 cm³/mol. The number of carbonyl (C=O) groups is 1. The molecule has 78 valence electrons. The molecule has 0 radical (unpaired) electrons. The molecule has 1 rings (SSSR count). The molecule has 1 aromatic rings. The van der Waals surface area contributed by atoms with Crippen LogP contribution in [0.25, 0.3) is 0 Å². The Hall–Kier alpha value is -0.830. The Labute approximate surface area is 93.4 Å². The van der Waals surface area contributed by atoms with Crippen LogP contribution < -0.4 is 0 Å². The fraction of sp³-hybridized carbons (Fsp3) is 0.364. The molecule has 0 spiro atoms. The van der Waals surface area contributed by atoms with E-state index in [4.69, 9.17) is 0 Å². The van der Waals surface area contributed by atoms with E-state index in [0.29, 0.717) is 5.56 Å². The Morgan fingerprint density at radius 3 is 2.57 bits per heavy atom. The first kappa shape index (κ1) is 13.2. The van der Waals surface area contributed by atoms with Crippen molar-refractivity contribution in [3.63, 3.8) is 0 Å². The van der Waals surface area contributed by atoms with Crippen LogP contribution in [0.15, 0.2) is 24.3 Å². The van der Waals surface area contributed by atoms with Gasteiger partial charge in [-0.1, -0.05) is 41.9 Å². The lowest BCUT2D eigenvalue weighted by atomic mass is 10.1. The molecular formula is C11H15BrO2. The van der Waals surface area contributed by atoms with E-state index in [1.807, 2.05) is 26.0 Å². The first-order chi connectivity index (χ1) is 6.77. The average Bonchev–Trinajstić information content (AvgIpc) is 2.30. The summed E-state index contributed by atoms with van der Waals surface area (Å²) in [5.74, 6) is -0.294. The topological polar surface area (TPSA) is 26.3 Å². The molecule has 0 aromatic heterocycles. The van der Waals surface area contributed by atoms with Crippen molar-refractivity contribution in [2.75, 3.05) is 7.11 Å². The first-order valence-electron chi connectivity index (χ1n) is 4.51. The van der Waals surface area contributed by atoms with Crippen LogP contribution in [0.2, 0.25) is 0 Å². The SMILES string of the molecule is CC.COC(=O)c1cccc(CBr)c1. The minimum atomic E-state index is -0.294. The number of hydrogen-bond donors (Lipinski definition) is 0. The van der Waals surface area contributed by atoms with Crippen molar-refractivity contribution < 1.29 is 9.53 Å². The van der Waals surface area contributed by atoms with Gasteiger partial charge in [0.05, 0.1) is 12.7 Å². The minimum absolute atomic E-state index is 0.294. The smallest absolute Gasteiger partial charge is 0.337 e. The van der Waals surface area contributed by atoms with Crippen molar-refractivity contribution in [1.29, 1.82) is 0 Å². The lowest BCUT2D eigenvalue weighted by Gasteiger charge is -2.00. The van der Waals surface area contributed by atoms with E-state index in [0.717, 1.165) is 10.9 Å². The van der Waals surface area contributed by atoms with Crippen LogP contribution in [-0.4, -0.2) is 13.1 Å². The summed E-state index contributed by atoms with van der Waals surface area (Å²) in [5, 5.41) is 0.748. The molecule has 3 heteroatoms. The summed E-state index contributed by atoms with van der Waals surface area (Å²) in [4.78, 5) is 11.0. The largest absolute Gasteiger partial charge is 0.465 e. The third-order valence-electron chi connectivity index (χ3n) is 1.50. The molecule has 0 heterocycles. The standard InChI is InChI=1S/C9H9BrO2.C2H6/c1-12-9(11)8-4-2-3-7(5-8)6-10;1-2/h2-5H,6H2,1H3;1-2H3. The summed E-state index contributed by atoms with van der Waals surface area (Å²) >= 11 is 3.31. The van der Waals surface area contributed by atoms with E-state index in [-0.39, 0.29) is 5.97 Å². The number of ether oxygens (including phenoxy) is 1. The number of halogens is 1. The van der Waals surface area contributed by atoms with Gasteiger partial charge in [-0.2, -0.15) is 0 Å². The van der Waals surface area contributed by atoms with E-state index in [9.17, 15) is 4.79 Å². The molecule has 14 heavy (non-hydrogen) atoms. The van der Waals surface area contributed by atoms with Crippen LogP contribution in [0.3, 0.4) is 0 Å². The number of rotatable bonds is 2. The summed E-state index contributed by atoms with van der Waals surface area (Å²) < 4.78 is 4.58. The third-order valence-corrected chi connectivity index (χ3v) is 2.15. The summed E-state index contributed by atoms with van der Waals surface area (Å²) in [7, 11) is 1.38. The van der Waals surface area contributed by atoms with Gasteiger partial charge in [0.2, 0.25) is 0 Å². The van der Waals surface area contributed by atoms with E-state index in [2.05, 4.69) is 20.7 Å². The second-order valence-corrected chi connectivity index (χ2v) is 2.89. The molecule has 1 aromatic carbocycles. The maximum Gasteiger partial charge on any atom is 0.337 e. The number of esters is 1. The zero-order valence-corrected chi connectivity index (χ0v) is 10.3. The average molecular weight is 259 g/mol.